The first-order valence-corrected chi connectivity index (χ1v) is 10.0. The normalized spacial score (nSPS) is 11.9. The molecular weight excluding hydrogens is 372 g/mol. The van der Waals surface area contributed by atoms with Crippen molar-refractivity contribution in [1.29, 1.82) is 0 Å². The standard InChI is InChI=1S/C17H18N4O3S2/c1-10-9-11(2)18-15-14(10)25-17(19-15)20-16(22)12-5-7-13(8-6-12)26(23,24)21(3)4/h5-9H,1-4H3,(H,18,19,20,22). The Balaban J connectivity index is 1.83. The minimum Gasteiger partial charge on any atom is -0.298 e. The van der Waals surface area contributed by atoms with Crippen molar-refractivity contribution in [2.45, 2.75) is 18.7 Å². The van der Waals surface area contributed by atoms with Gasteiger partial charge in [0, 0.05) is 25.4 Å². The van der Waals surface area contributed by atoms with Crippen molar-refractivity contribution < 1.29 is 13.2 Å². The summed E-state index contributed by atoms with van der Waals surface area (Å²) in [5.74, 6) is -0.354. The van der Waals surface area contributed by atoms with Gasteiger partial charge in [-0.25, -0.2) is 17.7 Å². The third-order valence-electron chi connectivity index (χ3n) is 3.79. The van der Waals surface area contributed by atoms with Gasteiger partial charge in [0.2, 0.25) is 10.0 Å². The second-order valence-corrected chi connectivity index (χ2v) is 9.17. The molecule has 7 nitrogen and oxygen atoms in total. The number of nitrogens with one attached hydrogen (secondary N) is 1. The average molecular weight is 390 g/mol. The summed E-state index contributed by atoms with van der Waals surface area (Å²) < 4.78 is 26.2. The molecule has 3 rings (SSSR count). The maximum absolute atomic E-state index is 12.4. The maximum Gasteiger partial charge on any atom is 0.257 e. The molecule has 2 aromatic heterocycles. The Bertz CT molecular complexity index is 1090. The maximum atomic E-state index is 12.4. The van der Waals surface area contributed by atoms with Gasteiger partial charge >= 0.3 is 0 Å². The van der Waals surface area contributed by atoms with Crippen molar-refractivity contribution in [2.24, 2.45) is 0 Å². The molecular formula is C17H18N4O3S2. The predicted octanol–water partition coefficient (Wildman–Crippen LogP) is 2.81. The number of benzene rings is 1. The second-order valence-electron chi connectivity index (χ2n) is 6.02. The number of aromatic nitrogens is 2. The summed E-state index contributed by atoms with van der Waals surface area (Å²) in [5, 5.41) is 3.20. The molecule has 0 aliphatic rings. The first-order chi connectivity index (χ1) is 12.2. The Morgan fingerprint density at radius 3 is 2.38 bits per heavy atom. The Kier molecular flexibility index (Phi) is 4.78. The number of anilines is 1. The summed E-state index contributed by atoms with van der Waals surface area (Å²) in [7, 11) is -0.603. The molecule has 0 aliphatic heterocycles. The molecule has 3 aromatic rings. The van der Waals surface area contributed by atoms with E-state index in [1.54, 1.807) is 0 Å². The van der Waals surface area contributed by atoms with E-state index < -0.39 is 10.0 Å². The van der Waals surface area contributed by atoms with Crippen LogP contribution in [0.1, 0.15) is 21.6 Å². The topological polar surface area (TPSA) is 92.3 Å². The van der Waals surface area contributed by atoms with Crippen molar-refractivity contribution in [3.63, 3.8) is 0 Å². The minimum absolute atomic E-state index is 0.134. The van der Waals surface area contributed by atoms with Gasteiger partial charge in [-0.2, -0.15) is 4.98 Å². The summed E-state index contributed by atoms with van der Waals surface area (Å²) in [6.45, 7) is 3.87. The molecule has 1 aromatic carbocycles. The molecule has 0 saturated carbocycles. The predicted molar refractivity (Wildman–Crippen MR) is 102 cm³/mol. The summed E-state index contributed by atoms with van der Waals surface area (Å²) in [5.41, 5.74) is 2.89. The molecule has 0 fully saturated rings. The molecule has 0 unspecified atom stereocenters. The zero-order valence-corrected chi connectivity index (χ0v) is 16.4. The number of thiazole rings is 1. The Morgan fingerprint density at radius 1 is 1.12 bits per heavy atom. The highest BCUT2D eigenvalue weighted by Gasteiger charge is 2.18. The van der Waals surface area contributed by atoms with Crippen LogP contribution in [0.25, 0.3) is 10.3 Å². The molecule has 26 heavy (non-hydrogen) atoms. The number of hydrogen-bond acceptors (Lipinski definition) is 6. The number of amides is 1. The Hall–Kier alpha value is -2.36. The number of carbonyl (C=O) groups excluding carboxylic acids is 1. The van der Waals surface area contributed by atoms with Crippen molar-refractivity contribution >= 4 is 42.7 Å². The van der Waals surface area contributed by atoms with Crippen molar-refractivity contribution in [2.75, 3.05) is 19.4 Å². The van der Waals surface area contributed by atoms with E-state index >= 15 is 0 Å². The van der Waals surface area contributed by atoms with Crippen LogP contribution in [-0.2, 0) is 10.0 Å². The highest BCUT2D eigenvalue weighted by molar-refractivity contribution is 7.89. The molecule has 136 valence electrons. The zero-order chi connectivity index (χ0) is 19.1. The molecule has 0 spiro atoms. The largest absolute Gasteiger partial charge is 0.298 e. The second kappa shape index (κ2) is 6.75. The fourth-order valence-corrected chi connectivity index (χ4v) is 4.21. The van der Waals surface area contributed by atoms with Gasteiger partial charge in [-0.05, 0) is 49.7 Å². The highest BCUT2D eigenvalue weighted by Crippen LogP contribution is 2.28. The summed E-state index contributed by atoms with van der Waals surface area (Å²) in [6, 6.07) is 7.75. The Labute approximate surface area is 155 Å². The molecule has 2 heterocycles. The number of pyridine rings is 1. The Morgan fingerprint density at radius 2 is 1.77 bits per heavy atom. The fourth-order valence-electron chi connectivity index (χ4n) is 2.43. The molecule has 1 amide bonds. The van der Waals surface area contributed by atoms with Gasteiger partial charge < -0.3 is 0 Å². The van der Waals surface area contributed by atoms with Gasteiger partial charge in [-0.3, -0.25) is 10.1 Å². The van der Waals surface area contributed by atoms with E-state index in [-0.39, 0.29) is 10.8 Å². The molecule has 9 heteroatoms. The first-order valence-electron chi connectivity index (χ1n) is 7.77. The van der Waals surface area contributed by atoms with E-state index in [4.69, 9.17) is 0 Å². The summed E-state index contributed by atoms with van der Waals surface area (Å²) in [4.78, 5) is 21.3. The SMILES string of the molecule is Cc1cc(C)c2sc(NC(=O)c3ccc(S(=O)(=O)N(C)C)cc3)nc2n1. The smallest absolute Gasteiger partial charge is 0.257 e. The minimum atomic E-state index is -3.52. The lowest BCUT2D eigenvalue weighted by Crippen LogP contribution is -2.22. The number of rotatable bonds is 4. The van der Waals surface area contributed by atoms with Crippen LogP contribution in [0.2, 0.25) is 0 Å². The third-order valence-corrected chi connectivity index (χ3v) is 6.72. The molecule has 0 atom stereocenters. The summed E-state index contributed by atoms with van der Waals surface area (Å²) >= 11 is 1.36. The molecule has 0 aliphatic carbocycles. The summed E-state index contributed by atoms with van der Waals surface area (Å²) in [6.07, 6.45) is 0. The van der Waals surface area contributed by atoms with Gasteiger partial charge in [-0.15, -0.1) is 0 Å². The van der Waals surface area contributed by atoms with Gasteiger partial charge in [0.15, 0.2) is 10.8 Å². The average Bonchev–Trinajstić information content (AvgIpc) is 2.97. The molecule has 0 bridgehead atoms. The first kappa shape index (κ1) is 18.4. The lowest BCUT2D eigenvalue weighted by atomic mass is 10.2. The van der Waals surface area contributed by atoms with E-state index in [9.17, 15) is 13.2 Å². The quantitative estimate of drug-likeness (QED) is 0.739. The number of carbonyl (C=O) groups is 1. The number of aryl methyl sites for hydroxylation is 2. The molecule has 0 saturated heterocycles. The number of hydrogen-bond donors (Lipinski definition) is 1. The fraction of sp³-hybridized carbons (Fsp3) is 0.235. The molecule has 0 radical (unpaired) electrons. The van der Waals surface area contributed by atoms with E-state index in [0.717, 1.165) is 20.3 Å². The number of nitrogens with zero attached hydrogens (tertiary/aromatic N) is 3. The van der Waals surface area contributed by atoms with Crippen LogP contribution in [0.3, 0.4) is 0 Å². The van der Waals surface area contributed by atoms with Gasteiger partial charge in [0.05, 0.1) is 9.60 Å². The van der Waals surface area contributed by atoms with E-state index in [2.05, 4.69) is 15.3 Å². The van der Waals surface area contributed by atoms with Crippen LogP contribution in [-0.4, -0.2) is 42.7 Å². The van der Waals surface area contributed by atoms with Crippen molar-refractivity contribution in [3.05, 3.63) is 47.2 Å². The van der Waals surface area contributed by atoms with Crippen molar-refractivity contribution in [1.82, 2.24) is 14.3 Å². The van der Waals surface area contributed by atoms with E-state index in [0.29, 0.717) is 16.3 Å². The lowest BCUT2D eigenvalue weighted by Gasteiger charge is -2.11. The number of sulfonamides is 1. The van der Waals surface area contributed by atoms with Gasteiger partial charge in [0.25, 0.3) is 5.91 Å². The van der Waals surface area contributed by atoms with Crippen LogP contribution in [0.5, 0.6) is 0 Å². The van der Waals surface area contributed by atoms with Crippen LogP contribution in [0.15, 0.2) is 35.2 Å². The van der Waals surface area contributed by atoms with Gasteiger partial charge in [0.1, 0.15) is 0 Å². The highest BCUT2D eigenvalue weighted by atomic mass is 32.2. The van der Waals surface area contributed by atoms with Crippen LogP contribution in [0, 0.1) is 13.8 Å². The van der Waals surface area contributed by atoms with E-state index in [1.807, 2.05) is 19.9 Å². The number of fused-ring (bicyclic) bond motifs is 1. The van der Waals surface area contributed by atoms with Crippen LogP contribution in [0.4, 0.5) is 5.13 Å². The van der Waals surface area contributed by atoms with Crippen LogP contribution >= 0.6 is 11.3 Å². The van der Waals surface area contributed by atoms with Gasteiger partial charge in [-0.1, -0.05) is 11.3 Å². The van der Waals surface area contributed by atoms with Crippen LogP contribution < -0.4 is 5.32 Å². The monoisotopic (exact) mass is 390 g/mol. The van der Waals surface area contributed by atoms with E-state index in [1.165, 1.54) is 49.7 Å². The molecule has 1 N–H and O–H groups in total. The third kappa shape index (κ3) is 3.46. The van der Waals surface area contributed by atoms with Crippen molar-refractivity contribution in [3.8, 4) is 0 Å². The lowest BCUT2D eigenvalue weighted by molar-refractivity contribution is 0.102. The zero-order valence-electron chi connectivity index (χ0n) is 14.8.